The summed E-state index contributed by atoms with van der Waals surface area (Å²) in [5.74, 6) is 1.18. The minimum atomic E-state index is -0.239. The van der Waals surface area contributed by atoms with Crippen LogP contribution in [0.25, 0.3) is 0 Å². The largest absolute Gasteiger partial charge is 0.494 e. The Kier molecular flexibility index (Phi) is 3.21. The van der Waals surface area contributed by atoms with Crippen molar-refractivity contribution in [3.8, 4) is 5.75 Å². The van der Waals surface area contributed by atoms with Crippen LogP contribution < -0.4 is 10.5 Å². The van der Waals surface area contributed by atoms with Crippen LogP contribution in [0.4, 0.5) is 4.39 Å². The first kappa shape index (κ1) is 10.4. The second-order valence-electron chi connectivity index (χ2n) is 4.09. The molecule has 0 spiro atoms. The van der Waals surface area contributed by atoms with Gasteiger partial charge < -0.3 is 10.5 Å². The first-order chi connectivity index (χ1) is 7.25. The Balaban J connectivity index is 1.70. The smallest absolute Gasteiger partial charge is 0.123 e. The fraction of sp³-hybridized carbons (Fsp3) is 0.500. The average molecular weight is 209 g/mol. The summed E-state index contributed by atoms with van der Waals surface area (Å²) in [5, 5.41) is 0. The minimum Gasteiger partial charge on any atom is -0.494 e. The van der Waals surface area contributed by atoms with Crippen molar-refractivity contribution in [1.82, 2.24) is 0 Å². The van der Waals surface area contributed by atoms with Gasteiger partial charge in [-0.1, -0.05) is 0 Å². The highest BCUT2D eigenvalue weighted by Crippen LogP contribution is 2.32. The zero-order valence-electron chi connectivity index (χ0n) is 8.66. The van der Waals surface area contributed by atoms with Crippen LogP contribution >= 0.6 is 0 Å². The zero-order valence-corrected chi connectivity index (χ0v) is 8.66. The van der Waals surface area contributed by atoms with E-state index in [4.69, 9.17) is 10.5 Å². The Bertz CT molecular complexity index is 308. The number of hydrogen-bond donors (Lipinski definition) is 1. The molecule has 0 saturated heterocycles. The quantitative estimate of drug-likeness (QED) is 0.807. The van der Waals surface area contributed by atoms with E-state index in [1.807, 2.05) is 0 Å². The Morgan fingerprint density at radius 3 is 2.60 bits per heavy atom. The van der Waals surface area contributed by atoms with Crippen molar-refractivity contribution in [2.75, 3.05) is 6.61 Å². The predicted octanol–water partition coefficient (Wildman–Crippen LogP) is 2.33. The molecule has 82 valence electrons. The molecule has 0 bridgehead atoms. The minimum absolute atomic E-state index is 0.239. The van der Waals surface area contributed by atoms with Gasteiger partial charge in [-0.25, -0.2) is 4.39 Å². The van der Waals surface area contributed by atoms with E-state index in [0.717, 1.165) is 6.42 Å². The van der Waals surface area contributed by atoms with Gasteiger partial charge in [-0.15, -0.1) is 0 Å². The Hall–Kier alpha value is -1.09. The summed E-state index contributed by atoms with van der Waals surface area (Å²) < 4.78 is 18.0. The molecule has 1 fully saturated rings. The molecule has 2 rings (SSSR count). The molecule has 0 aromatic heterocycles. The fourth-order valence-electron chi connectivity index (χ4n) is 1.60. The van der Waals surface area contributed by atoms with E-state index >= 15 is 0 Å². The monoisotopic (exact) mass is 209 g/mol. The SMILES string of the molecule is NC(CCOc1ccc(F)cc1)C1CC1. The molecule has 1 aliphatic carbocycles. The summed E-state index contributed by atoms with van der Waals surface area (Å²) in [4.78, 5) is 0. The highest BCUT2D eigenvalue weighted by atomic mass is 19.1. The van der Waals surface area contributed by atoms with E-state index in [9.17, 15) is 4.39 Å². The van der Waals surface area contributed by atoms with Gasteiger partial charge >= 0.3 is 0 Å². The summed E-state index contributed by atoms with van der Waals surface area (Å²) in [6.45, 7) is 0.614. The van der Waals surface area contributed by atoms with Crippen LogP contribution in [0, 0.1) is 11.7 Å². The summed E-state index contributed by atoms with van der Waals surface area (Å²) in [6.07, 6.45) is 3.40. The first-order valence-corrected chi connectivity index (χ1v) is 5.39. The number of ether oxygens (including phenoxy) is 1. The second kappa shape index (κ2) is 4.62. The molecule has 1 atom stereocenters. The van der Waals surface area contributed by atoms with Crippen LogP contribution in [-0.4, -0.2) is 12.6 Å². The van der Waals surface area contributed by atoms with E-state index < -0.39 is 0 Å². The molecule has 1 aromatic rings. The maximum atomic E-state index is 12.6. The lowest BCUT2D eigenvalue weighted by molar-refractivity contribution is 0.291. The number of benzene rings is 1. The van der Waals surface area contributed by atoms with Gasteiger partial charge in [0, 0.05) is 6.04 Å². The highest BCUT2D eigenvalue weighted by molar-refractivity contribution is 5.21. The van der Waals surface area contributed by atoms with Crippen molar-refractivity contribution in [2.24, 2.45) is 11.7 Å². The standard InChI is InChI=1S/C12H16FNO/c13-10-3-5-11(6-4-10)15-8-7-12(14)9-1-2-9/h3-6,9,12H,1-2,7-8,14H2. The van der Waals surface area contributed by atoms with Crippen LogP contribution in [0.1, 0.15) is 19.3 Å². The first-order valence-electron chi connectivity index (χ1n) is 5.39. The van der Waals surface area contributed by atoms with Gasteiger partial charge in [0.15, 0.2) is 0 Å². The van der Waals surface area contributed by atoms with E-state index in [0.29, 0.717) is 18.3 Å². The summed E-state index contributed by atoms with van der Waals surface area (Å²) in [7, 11) is 0. The molecule has 0 aliphatic heterocycles. The van der Waals surface area contributed by atoms with Crippen molar-refractivity contribution in [3.63, 3.8) is 0 Å². The number of halogens is 1. The van der Waals surface area contributed by atoms with Gasteiger partial charge in [-0.2, -0.15) is 0 Å². The van der Waals surface area contributed by atoms with E-state index in [-0.39, 0.29) is 11.9 Å². The third kappa shape index (κ3) is 3.20. The van der Waals surface area contributed by atoms with Gasteiger partial charge in [0.05, 0.1) is 6.61 Å². The Morgan fingerprint density at radius 2 is 2.00 bits per heavy atom. The van der Waals surface area contributed by atoms with Gasteiger partial charge in [-0.05, 0) is 49.4 Å². The molecule has 0 radical (unpaired) electrons. The normalized spacial score (nSPS) is 17.5. The van der Waals surface area contributed by atoms with Gasteiger partial charge in [0.25, 0.3) is 0 Å². The van der Waals surface area contributed by atoms with Crippen LogP contribution in [0.15, 0.2) is 24.3 Å². The molecule has 1 saturated carbocycles. The van der Waals surface area contributed by atoms with Gasteiger partial charge in [0.2, 0.25) is 0 Å². The van der Waals surface area contributed by atoms with Crippen molar-refractivity contribution in [2.45, 2.75) is 25.3 Å². The van der Waals surface area contributed by atoms with Crippen molar-refractivity contribution in [1.29, 1.82) is 0 Å². The highest BCUT2D eigenvalue weighted by Gasteiger charge is 2.27. The number of rotatable bonds is 5. The maximum absolute atomic E-state index is 12.6. The summed E-state index contributed by atoms with van der Waals surface area (Å²) in [5.41, 5.74) is 5.93. The molecule has 1 aromatic carbocycles. The van der Waals surface area contributed by atoms with E-state index in [1.54, 1.807) is 12.1 Å². The fourth-order valence-corrected chi connectivity index (χ4v) is 1.60. The molecule has 3 heteroatoms. The molecule has 2 N–H and O–H groups in total. The molecule has 1 aliphatic rings. The average Bonchev–Trinajstić information content (AvgIpc) is 3.04. The third-order valence-corrected chi connectivity index (χ3v) is 2.76. The zero-order chi connectivity index (χ0) is 10.7. The number of nitrogens with two attached hydrogens (primary N) is 1. The van der Waals surface area contributed by atoms with Crippen molar-refractivity contribution in [3.05, 3.63) is 30.1 Å². The van der Waals surface area contributed by atoms with Crippen LogP contribution in [0.3, 0.4) is 0 Å². The molecular formula is C12H16FNO. The molecule has 0 heterocycles. The predicted molar refractivity (Wildman–Crippen MR) is 57.2 cm³/mol. The molecule has 1 unspecified atom stereocenters. The second-order valence-corrected chi connectivity index (χ2v) is 4.09. The Morgan fingerprint density at radius 1 is 1.33 bits per heavy atom. The Labute approximate surface area is 89.2 Å². The maximum Gasteiger partial charge on any atom is 0.123 e. The van der Waals surface area contributed by atoms with E-state index in [1.165, 1.54) is 25.0 Å². The van der Waals surface area contributed by atoms with Gasteiger partial charge in [0.1, 0.15) is 11.6 Å². The topological polar surface area (TPSA) is 35.2 Å². The lowest BCUT2D eigenvalue weighted by atomic mass is 10.1. The number of hydrogen-bond acceptors (Lipinski definition) is 2. The molecule has 2 nitrogen and oxygen atoms in total. The van der Waals surface area contributed by atoms with Crippen molar-refractivity contribution >= 4 is 0 Å². The summed E-state index contributed by atoms with van der Waals surface area (Å²) in [6, 6.07) is 6.34. The summed E-state index contributed by atoms with van der Waals surface area (Å²) >= 11 is 0. The van der Waals surface area contributed by atoms with E-state index in [2.05, 4.69) is 0 Å². The molecule has 15 heavy (non-hydrogen) atoms. The van der Waals surface area contributed by atoms with Crippen molar-refractivity contribution < 1.29 is 9.13 Å². The van der Waals surface area contributed by atoms with Crippen LogP contribution in [0.2, 0.25) is 0 Å². The van der Waals surface area contributed by atoms with Crippen LogP contribution in [0.5, 0.6) is 5.75 Å². The lowest BCUT2D eigenvalue weighted by Crippen LogP contribution is -2.24. The molecule has 0 amide bonds. The van der Waals surface area contributed by atoms with Crippen LogP contribution in [-0.2, 0) is 0 Å². The van der Waals surface area contributed by atoms with Gasteiger partial charge in [-0.3, -0.25) is 0 Å². The lowest BCUT2D eigenvalue weighted by Gasteiger charge is -2.11. The third-order valence-electron chi connectivity index (χ3n) is 2.76. The molecular weight excluding hydrogens is 193 g/mol.